The Balaban J connectivity index is 1.79. The average Bonchev–Trinajstić information content (AvgIpc) is 2.78. The Bertz CT molecular complexity index is 278. The van der Waals surface area contributed by atoms with Crippen LogP contribution in [0.1, 0.15) is 26.2 Å². The lowest BCUT2D eigenvalue weighted by atomic mass is 9.70. The van der Waals surface area contributed by atoms with Gasteiger partial charge in [0.25, 0.3) is 0 Å². The van der Waals surface area contributed by atoms with Gasteiger partial charge in [0.05, 0.1) is 0 Å². The lowest BCUT2D eigenvalue weighted by Crippen LogP contribution is -2.29. The molecule has 3 fully saturated rings. The number of allylic oxidation sites excluding steroid dienone is 2. The van der Waals surface area contributed by atoms with Gasteiger partial charge < -0.3 is 0 Å². The van der Waals surface area contributed by atoms with Crippen LogP contribution < -0.4 is 0 Å². The Kier molecular flexibility index (Phi) is 1.11. The molecule has 0 nitrogen and oxygen atoms in total. The molecule has 0 N–H and O–H groups in total. The SMILES string of the molecule is C[C@@H]1CC2CC1C1C3C=CC(C3)C21. The second-order valence-electron chi connectivity index (χ2n) is 5.98. The van der Waals surface area contributed by atoms with Crippen molar-refractivity contribution in [3.05, 3.63) is 12.2 Å². The molecule has 0 heteroatoms. The van der Waals surface area contributed by atoms with Crippen molar-refractivity contribution in [1.82, 2.24) is 0 Å². The summed E-state index contributed by atoms with van der Waals surface area (Å²) in [7, 11) is 0. The van der Waals surface area contributed by atoms with E-state index in [9.17, 15) is 0 Å². The molecule has 6 unspecified atom stereocenters. The number of hydrogen-bond donors (Lipinski definition) is 0. The second kappa shape index (κ2) is 2.04. The van der Waals surface area contributed by atoms with Crippen molar-refractivity contribution < 1.29 is 0 Å². The van der Waals surface area contributed by atoms with E-state index in [1.807, 2.05) is 0 Å². The van der Waals surface area contributed by atoms with E-state index < -0.39 is 0 Å². The van der Waals surface area contributed by atoms with Gasteiger partial charge in [-0.1, -0.05) is 19.1 Å². The summed E-state index contributed by atoms with van der Waals surface area (Å²) in [6.07, 6.45) is 9.75. The first-order valence-electron chi connectivity index (χ1n) is 6.03. The molecule has 0 aliphatic heterocycles. The van der Waals surface area contributed by atoms with Crippen molar-refractivity contribution in [2.24, 2.45) is 41.4 Å². The molecule has 0 aromatic rings. The fourth-order valence-electron chi connectivity index (χ4n) is 5.35. The van der Waals surface area contributed by atoms with E-state index in [0.29, 0.717) is 0 Å². The largest absolute Gasteiger partial charge is 0.0848 e. The van der Waals surface area contributed by atoms with Crippen molar-refractivity contribution >= 4 is 0 Å². The van der Waals surface area contributed by atoms with E-state index in [-0.39, 0.29) is 0 Å². The molecule has 0 aromatic carbocycles. The molecular weight excluding hydrogens is 156 g/mol. The third-order valence-electron chi connectivity index (χ3n) is 5.60. The van der Waals surface area contributed by atoms with Gasteiger partial charge in [0.15, 0.2) is 0 Å². The van der Waals surface area contributed by atoms with E-state index in [2.05, 4.69) is 19.1 Å². The van der Waals surface area contributed by atoms with Crippen LogP contribution in [0.15, 0.2) is 12.2 Å². The molecule has 7 atom stereocenters. The number of fused-ring (bicyclic) bond motifs is 9. The predicted molar refractivity (Wildman–Crippen MR) is 53.1 cm³/mol. The lowest BCUT2D eigenvalue weighted by Gasteiger charge is -2.35. The molecular formula is C13H18. The summed E-state index contributed by atoms with van der Waals surface area (Å²) in [5, 5.41) is 0. The zero-order valence-corrected chi connectivity index (χ0v) is 8.32. The predicted octanol–water partition coefficient (Wildman–Crippen LogP) is 3.10. The maximum absolute atomic E-state index is 2.54. The third kappa shape index (κ3) is 0.671. The first kappa shape index (κ1) is 7.09. The monoisotopic (exact) mass is 174 g/mol. The molecule has 4 bridgehead atoms. The smallest absolute Gasteiger partial charge is 0.0194 e. The molecule has 3 saturated carbocycles. The summed E-state index contributed by atoms with van der Waals surface area (Å²) in [6.45, 7) is 2.50. The maximum Gasteiger partial charge on any atom is -0.0194 e. The fraction of sp³-hybridized carbons (Fsp3) is 0.846. The first-order valence-corrected chi connectivity index (χ1v) is 6.03. The van der Waals surface area contributed by atoms with Crippen molar-refractivity contribution in [2.45, 2.75) is 26.2 Å². The molecule has 0 heterocycles. The van der Waals surface area contributed by atoms with Gasteiger partial charge in [-0.3, -0.25) is 0 Å². The topological polar surface area (TPSA) is 0 Å². The molecule has 0 aromatic heterocycles. The maximum atomic E-state index is 2.54. The minimum absolute atomic E-state index is 1.01. The summed E-state index contributed by atoms with van der Waals surface area (Å²) in [6, 6.07) is 0. The van der Waals surface area contributed by atoms with Gasteiger partial charge in [-0.25, -0.2) is 0 Å². The summed E-state index contributed by atoms with van der Waals surface area (Å²) < 4.78 is 0. The third-order valence-corrected chi connectivity index (χ3v) is 5.60. The Hall–Kier alpha value is -0.260. The lowest BCUT2D eigenvalue weighted by molar-refractivity contribution is 0.160. The number of rotatable bonds is 0. The van der Waals surface area contributed by atoms with Crippen molar-refractivity contribution in [3.63, 3.8) is 0 Å². The zero-order chi connectivity index (χ0) is 8.58. The average molecular weight is 174 g/mol. The van der Waals surface area contributed by atoms with Crippen molar-refractivity contribution in [2.75, 3.05) is 0 Å². The molecule has 0 spiro atoms. The molecule has 0 radical (unpaired) electrons. The summed E-state index contributed by atoms with van der Waals surface area (Å²) in [5.41, 5.74) is 0. The highest BCUT2D eigenvalue weighted by Gasteiger charge is 2.59. The molecule has 0 saturated heterocycles. The van der Waals surface area contributed by atoms with E-state index in [4.69, 9.17) is 0 Å². The highest BCUT2D eigenvalue weighted by atomic mass is 14.6. The van der Waals surface area contributed by atoms with Crippen LogP contribution in [0.25, 0.3) is 0 Å². The van der Waals surface area contributed by atoms with Gasteiger partial charge in [-0.05, 0) is 60.7 Å². The van der Waals surface area contributed by atoms with Gasteiger partial charge in [0, 0.05) is 0 Å². The fourth-order valence-corrected chi connectivity index (χ4v) is 5.35. The van der Waals surface area contributed by atoms with Crippen LogP contribution in [-0.2, 0) is 0 Å². The van der Waals surface area contributed by atoms with Crippen LogP contribution in [0.3, 0.4) is 0 Å². The second-order valence-corrected chi connectivity index (χ2v) is 5.98. The van der Waals surface area contributed by atoms with E-state index in [1.54, 1.807) is 12.8 Å². The Morgan fingerprint density at radius 1 is 0.923 bits per heavy atom. The normalized spacial score (nSPS) is 66.4. The van der Waals surface area contributed by atoms with E-state index in [0.717, 1.165) is 41.4 Å². The van der Waals surface area contributed by atoms with Crippen LogP contribution >= 0.6 is 0 Å². The molecule has 70 valence electrons. The standard InChI is InChI=1S/C13H18/c1-7-4-10-6-11(7)13-9-3-2-8(5-9)12(10)13/h2-3,7-13H,4-6H2,1H3/t7-,8?,9?,10?,11?,12?,13?/m1/s1. The minimum Gasteiger partial charge on any atom is -0.0848 e. The molecule has 4 rings (SSSR count). The zero-order valence-electron chi connectivity index (χ0n) is 8.32. The molecule has 13 heavy (non-hydrogen) atoms. The highest BCUT2D eigenvalue weighted by molar-refractivity contribution is 5.20. The van der Waals surface area contributed by atoms with Crippen LogP contribution in [0.2, 0.25) is 0 Å². The molecule has 0 amide bonds. The van der Waals surface area contributed by atoms with Gasteiger partial charge in [0.1, 0.15) is 0 Å². The van der Waals surface area contributed by atoms with Gasteiger partial charge in [-0.15, -0.1) is 0 Å². The van der Waals surface area contributed by atoms with Crippen LogP contribution in [0.5, 0.6) is 0 Å². The van der Waals surface area contributed by atoms with Crippen molar-refractivity contribution in [3.8, 4) is 0 Å². The Morgan fingerprint density at radius 2 is 1.69 bits per heavy atom. The van der Waals surface area contributed by atoms with Gasteiger partial charge in [0.2, 0.25) is 0 Å². The first-order chi connectivity index (χ1) is 6.34. The summed E-state index contributed by atoms with van der Waals surface area (Å²) >= 11 is 0. The number of hydrogen-bond acceptors (Lipinski definition) is 0. The quantitative estimate of drug-likeness (QED) is 0.391. The van der Waals surface area contributed by atoms with E-state index in [1.165, 1.54) is 6.42 Å². The van der Waals surface area contributed by atoms with Crippen molar-refractivity contribution in [1.29, 1.82) is 0 Å². The van der Waals surface area contributed by atoms with Crippen LogP contribution in [0, 0.1) is 41.4 Å². The minimum atomic E-state index is 1.01. The van der Waals surface area contributed by atoms with Crippen LogP contribution in [0.4, 0.5) is 0 Å². The van der Waals surface area contributed by atoms with Crippen LogP contribution in [-0.4, -0.2) is 0 Å². The Morgan fingerprint density at radius 3 is 2.54 bits per heavy atom. The molecule has 4 aliphatic carbocycles. The highest BCUT2D eigenvalue weighted by Crippen LogP contribution is 2.66. The summed E-state index contributed by atoms with van der Waals surface area (Å²) in [5.74, 6) is 7.59. The van der Waals surface area contributed by atoms with E-state index >= 15 is 0 Å². The Labute approximate surface area is 80.4 Å². The van der Waals surface area contributed by atoms with Gasteiger partial charge >= 0.3 is 0 Å². The molecule has 4 aliphatic rings. The summed E-state index contributed by atoms with van der Waals surface area (Å²) in [4.78, 5) is 0. The van der Waals surface area contributed by atoms with Gasteiger partial charge in [-0.2, -0.15) is 0 Å².